The molecule has 0 saturated carbocycles. The van der Waals surface area contributed by atoms with Crippen LogP contribution in [0, 0.1) is 6.92 Å². The maximum atomic E-state index is 13.2. The third-order valence-corrected chi connectivity index (χ3v) is 5.69. The summed E-state index contributed by atoms with van der Waals surface area (Å²) in [7, 11) is -4.07. The Balaban J connectivity index is 2.44. The largest absolute Gasteiger partial charge is 0.462 e. The Morgan fingerprint density at radius 1 is 1.10 bits per heavy atom. The molecule has 9 nitrogen and oxygen atoms in total. The fourth-order valence-electron chi connectivity index (χ4n) is 2.45. The molecule has 2 aromatic carbocycles. The van der Waals surface area contributed by atoms with E-state index in [0.29, 0.717) is 0 Å². The van der Waals surface area contributed by atoms with Crippen molar-refractivity contribution in [3.8, 4) is 0 Å². The van der Waals surface area contributed by atoms with Gasteiger partial charge in [-0.2, -0.15) is 0 Å². The maximum Gasteiger partial charge on any atom is 0.338 e. The average Bonchev–Trinajstić information content (AvgIpc) is 2.71. The summed E-state index contributed by atoms with van der Waals surface area (Å²) >= 11 is 0. The van der Waals surface area contributed by atoms with Crippen LogP contribution in [0.1, 0.15) is 22.8 Å². The van der Waals surface area contributed by atoms with Crippen molar-refractivity contribution in [3.05, 3.63) is 70.1 Å². The minimum absolute atomic E-state index is 0.00848. The lowest BCUT2D eigenvalue weighted by atomic mass is 10.2. The monoisotopic (exact) mass is 416 g/mol. The van der Waals surface area contributed by atoms with Crippen molar-refractivity contribution < 1.29 is 22.7 Å². The molecule has 2 rings (SSSR count). The number of esters is 1. The van der Waals surface area contributed by atoms with E-state index in [1.807, 2.05) is 6.92 Å². The van der Waals surface area contributed by atoms with Crippen molar-refractivity contribution in [2.75, 3.05) is 24.0 Å². The predicted octanol–water partition coefficient (Wildman–Crippen LogP) is 3.25. The molecule has 0 bridgehead atoms. The molecular formula is C19H20N4O5S. The van der Waals surface area contributed by atoms with Gasteiger partial charge in [-0.3, -0.25) is 9.10 Å². The standard InChI is InChI=1S/C19H20N4O5S/c1-3-28-19(25)15-6-8-16(9-7-15)23(13-17(24)12-21-22-20)29(26,27)18-10-4-14(2)5-11-18/h4-11H,3,12-13H2,1-2H3. The highest BCUT2D eigenvalue weighted by atomic mass is 32.2. The molecule has 0 amide bonds. The normalized spacial score (nSPS) is 10.7. The number of sulfonamides is 1. The summed E-state index contributed by atoms with van der Waals surface area (Å²) in [5.41, 5.74) is 9.71. The van der Waals surface area contributed by atoms with Crippen LogP contribution in [0.5, 0.6) is 0 Å². The van der Waals surface area contributed by atoms with E-state index in [-0.39, 0.29) is 22.8 Å². The molecule has 0 heterocycles. The van der Waals surface area contributed by atoms with Crippen molar-refractivity contribution in [3.63, 3.8) is 0 Å². The van der Waals surface area contributed by atoms with Crippen LogP contribution in [0.3, 0.4) is 0 Å². The van der Waals surface area contributed by atoms with Crippen LogP contribution in [0.25, 0.3) is 10.4 Å². The third kappa shape index (κ3) is 5.56. The highest BCUT2D eigenvalue weighted by Crippen LogP contribution is 2.24. The number of aryl methyl sites for hydroxylation is 1. The number of carbonyl (C=O) groups excluding carboxylic acids is 2. The summed E-state index contributed by atoms with van der Waals surface area (Å²) in [5.74, 6) is -1.11. The molecule has 0 aliphatic carbocycles. The Kier molecular flexibility index (Phi) is 7.35. The topological polar surface area (TPSA) is 130 Å². The maximum absolute atomic E-state index is 13.2. The zero-order valence-corrected chi connectivity index (χ0v) is 16.8. The molecule has 0 aromatic heterocycles. The van der Waals surface area contributed by atoms with E-state index in [0.717, 1.165) is 9.87 Å². The van der Waals surface area contributed by atoms with Gasteiger partial charge in [0.1, 0.15) is 0 Å². The van der Waals surface area contributed by atoms with Gasteiger partial charge in [-0.1, -0.05) is 22.8 Å². The van der Waals surface area contributed by atoms with Crippen LogP contribution >= 0.6 is 0 Å². The second-order valence-electron chi connectivity index (χ2n) is 6.02. The molecule has 0 spiro atoms. The van der Waals surface area contributed by atoms with Crippen molar-refractivity contribution in [1.82, 2.24) is 0 Å². The first-order valence-corrected chi connectivity index (χ1v) is 10.1. The lowest BCUT2D eigenvalue weighted by Crippen LogP contribution is -2.36. The van der Waals surface area contributed by atoms with E-state index >= 15 is 0 Å². The minimum atomic E-state index is -4.07. The van der Waals surface area contributed by atoms with Crippen molar-refractivity contribution in [2.24, 2.45) is 5.11 Å². The highest BCUT2D eigenvalue weighted by Gasteiger charge is 2.27. The Bertz CT molecular complexity index is 1030. The first kappa shape index (κ1) is 21.9. The van der Waals surface area contributed by atoms with E-state index in [9.17, 15) is 18.0 Å². The Labute approximate surface area is 168 Å². The quantitative estimate of drug-likeness (QED) is 0.268. The van der Waals surface area contributed by atoms with Crippen LogP contribution in [0.15, 0.2) is 58.5 Å². The molecule has 0 atom stereocenters. The summed E-state index contributed by atoms with van der Waals surface area (Å²) in [5, 5.41) is 3.19. The zero-order chi connectivity index (χ0) is 21.4. The van der Waals surface area contributed by atoms with Gasteiger partial charge in [0, 0.05) is 4.91 Å². The van der Waals surface area contributed by atoms with Gasteiger partial charge in [-0.05, 0) is 55.8 Å². The minimum Gasteiger partial charge on any atom is -0.462 e. The van der Waals surface area contributed by atoms with Gasteiger partial charge in [0.25, 0.3) is 10.0 Å². The van der Waals surface area contributed by atoms with Crippen molar-refractivity contribution in [1.29, 1.82) is 0 Å². The molecule has 0 aliphatic heterocycles. The highest BCUT2D eigenvalue weighted by molar-refractivity contribution is 7.92. The average molecular weight is 416 g/mol. The molecule has 0 aliphatic rings. The molecule has 0 radical (unpaired) electrons. The SMILES string of the molecule is CCOC(=O)c1ccc(N(CC(=O)CN=[N+]=[N-])S(=O)(=O)c2ccc(C)cc2)cc1. The van der Waals surface area contributed by atoms with Gasteiger partial charge in [0.05, 0.1) is 35.8 Å². The summed E-state index contributed by atoms with van der Waals surface area (Å²) in [6.45, 7) is 2.72. The number of benzene rings is 2. The Hall–Kier alpha value is -3.36. The number of ketones is 1. The number of hydrogen-bond donors (Lipinski definition) is 0. The number of carbonyl (C=O) groups is 2. The smallest absolute Gasteiger partial charge is 0.338 e. The molecular weight excluding hydrogens is 396 g/mol. The second kappa shape index (κ2) is 9.72. The first-order valence-electron chi connectivity index (χ1n) is 8.68. The molecule has 2 aromatic rings. The number of ether oxygens (including phenoxy) is 1. The van der Waals surface area contributed by atoms with Crippen LogP contribution in [-0.2, 0) is 19.6 Å². The summed E-state index contributed by atoms with van der Waals surface area (Å²) in [4.78, 5) is 26.5. The summed E-state index contributed by atoms with van der Waals surface area (Å²) in [6, 6.07) is 11.9. The van der Waals surface area contributed by atoms with Gasteiger partial charge in [0.2, 0.25) is 0 Å². The fourth-order valence-corrected chi connectivity index (χ4v) is 3.90. The van der Waals surface area contributed by atoms with Crippen LogP contribution in [0.4, 0.5) is 5.69 Å². The molecule has 152 valence electrons. The van der Waals surface area contributed by atoms with Crippen molar-refractivity contribution >= 4 is 27.5 Å². The van der Waals surface area contributed by atoms with Gasteiger partial charge < -0.3 is 4.74 Å². The number of azide groups is 1. The molecule has 29 heavy (non-hydrogen) atoms. The lowest BCUT2D eigenvalue weighted by molar-refractivity contribution is -0.116. The Morgan fingerprint density at radius 3 is 2.28 bits per heavy atom. The molecule has 0 N–H and O–H groups in total. The van der Waals surface area contributed by atoms with E-state index < -0.39 is 34.9 Å². The van der Waals surface area contributed by atoms with Crippen molar-refractivity contribution in [2.45, 2.75) is 18.7 Å². The number of nitrogens with zero attached hydrogens (tertiary/aromatic N) is 4. The number of rotatable bonds is 9. The van der Waals surface area contributed by atoms with E-state index in [4.69, 9.17) is 10.3 Å². The second-order valence-corrected chi connectivity index (χ2v) is 7.88. The molecule has 10 heteroatoms. The molecule has 0 unspecified atom stereocenters. The summed E-state index contributed by atoms with van der Waals surface area (Å²) in [6.07, 6.45) is 0. The third-order valence-electron chi connectivity index (χ3n) is 3.91. The van der Waals surface area contributed by atoms with Crippen LogP contribution < -0.4 is 4.31 Å². The number of anilines is 1. The van der Waals surface area contributed by atoms with E-state index in [1.54, 1.807) is 19.1 Å². The first-order chi connectivity index (χ1) is 13.8. The van der Waals surface area contributed by atoms with Crippen LogP contribution in [-0.4, -0.2) is 39.9 Å². The predicted molar refractivity (Wildman–Crippen MR) is 107 cm³/mol. The van der Waals surface area contributed by atoms with E-state index in [2.05, 4.69) is 10.0 Å². The lowest BCUT2D eigenvalue weighted by Gasteiger charge is -2.24. The fraction of sp³-hybridized carbons (Fsp3) is 0.263. The zero-order valence-electron chi connectivity index (χ0n) is 16.0. The molecule has 0 saturated heterocycles. The van der Waals surface area contributed by atoms with Gasteiger partial charge >= 0.3 is 5.97 Å². The summed E-state index contributed by atoms with van der Waals surface area (Å²) < 4.78 is 32.1. The molecule has 0 fully saturated rings. The van der Waals surface area contributed by atoms with Crippen LogP contribution in [0.2, 0.25) is 0 Å². The number of Topliss-reactive ketones (excluding diaryl/α,β-unsaturated/α-hetero) is 1. The van der Waals surface area contributed by atoms with Gasteiger partial charge in [-0.25, -0.2) is 13.2 Å². The Morgan fingerprint density at radius 2 is 1.72 bits per heavy atom. The van der Waals surface area contributed by atoms with E-state index in [1.165, 1.54) is 36.4 Å². The van der Waals surface area contributed by atoms with Gasteiger partial charge in [0.15, 0.2) is 5.78 Å². The van der Waals surface area contributed by atoms with Gasteiger partial charge in [-0.15, -0.1) is 0 Å². The number of hydrogen-bond acceptors (Lipinski definition) is 6.